The molecule has 9 heteroatoms. The van der Waals surface area contributed by atoms with E-state index in [2.05, 4.69) is 28.8 Å². The molecule has 1 aromatic heterocycles. The van der Waals surface area contributed by atoms with Crippen molar-refractivity contribution in [1.29, 1.82) is 0 Å². The van der Waals surface area contributed by atoms with Crippen LogP contribution in [-0.2, 0) is 11.8 Å². The lowest BCUT2D eigenvalue weighted by Gasteiger charge is -2.23. The maximum atomic E-state index is 12.3. The molecular formula is C20H25N5O4. The molecule has 0 radical (unpaired) electrons. The first-order valence-electron chi connectivity index (χ1n) is 9.53. The number of H-pyrrole nitrogens is 1. The third-order valence-corrected chi connectivity index (χ3v) is 5.22. The molecule has 0 aliphatic carbocycles. The van der Waals surface area contributed by atoms with Crippen molar-refractivity contribution in [2.45, 2.75) is 33.2 Å². The van der Waals surface area contributed by atoms with Gasteiger partial charge in [-0.05, 0) is 31.5 Å². The molecule has 0 saturated heterocycles. The first kappa shape index (κ1) is 20.4. The van der Waals surface area contributed by atoms with E-state index in [1.54, 1.807) is 0 Å². The molecule has 1 aromatic carbocycles. The number of benzene rings is 1. The molecule has 2 aromatic rings. The van der Waals surface area contributed by atoms with Crippen LogP contribution in [0.1, 0.15) is 44.4 Å². The van der Waals surface area contributed by atoms with Crippen molar-refractivity contribution < 1.29 is 9.90 Å². The first-order valence-corrected chi connectivity index (χ1v) is 9.53. The number of aromatic amines is 1. The highest BCUT2D eigenvalue weighted by atomic mass is 16.3. The molecule has 9 nitrogen and oxygen atoms in total. The van der Waals surface area contributed by atoms with E-state index in [1.165, 1.54) is 19.0 Å². The van der Waals surface area contributed by atoms with Crippen LogP contribution in [0.15, 0.2) is 39.0 Å². The molecule has 0 unspecified atom stereocenters. The Labute approximate surface area is 167 Å². The number of carbonyl (C=O) groups is 1. The fourth-order valence-electron chi connectivity index (χ4n) is 3.58. The zero-order valence-electron chi connectivity index (χ0n) is 17.0. The normalized spacial score (nSPS) is 16.1. The Morgan fingerprint density at radius 2 is 1.86 bits per heavy atom. The molecule has 29 heavy (non-hydrogen) atoms. The average Bonchev–Trinajstić information content (AvgIpc) is 3.13. The molecule has 1 aliphatic heterocycles. The van der Waals surface area contributed by atoms with E-state index in [-0.39, 0.29) is 23.6 Å². The Kier molecular flexibility index (Phi) is 5.58. The fraction of sp³-hybridized carbons (Fsp3) is 0.400. The van der Waals surface area contributed by atoms with Crippen molar-refractivity contribution in [2.24, 2.45) is 12.1 Å². The van der Waals surface area contributed by atoms with E-state index in [4.69, 9.17) is 0 Å². The van der Waals surface area contributed by atoms with E-state index < -0.39 is 23.2 Å². The van der Waals surface area contributed by atoms with Gasteiger partial charge in [-0.3, -0.25) is 19.1 Å². The number of hydrogen-bond acceptors (Lipinski definition) is 6. The van der Waals surface area contributed by atoms with Gasteiger partial charge in [0, 0.05) is 39.2 Å². The molecule has 1 aliphatic rings. The summed E-state index contributed by atoms with van der Waals surface area (Å²) in [6, 6.07) is 7.48. The summed E-state index contributed by atoms with van der Waals surface area (Å²) in [5.41, 5.74) is 0.662. The lowest BCUT2D eigenvalue weighted by Crippen LogP contribution is -2.32. The van der Waals surface area contributed by atoms with Crippen LogP contribution in [0.3, 0.4) is 0 Å². The topological polar surface area (TPSA) is 111 Å². The third-order valence-electron chi connectivity index (χ3n) is 5.22. The predicted octanol–water partition coefficient (Wildman–Crippen LogP) is 1.32. The van der Waals surface area contributed by atoms with Gasteiger partial charge in [-0.1, -0.05) is 12.1 Å². The van der Waals surface area contributed by atoms with Gasteiger partial charge in [0.05, 0.1) is 11.8 Å². The fourth-order valence-corrected chi connectivity index (χ4v) is 3.58. The van der Waals surface area contributed by atoms with Crippen LogP contribution >= 0.6 is 0 Å². The van der Waals surface area contributed by atoms with E-state index >= 15 is 0 Å². The molecule has 2 heterocycles. The van der Waals surface area contributed by atoms with E-state index in [0.29, 0.717) is 0 Å². The Balaban J connectivity index is 1.98. The van der Waals surface area contributed by atoms with Crippen LogP contribution in [0.4, 0.5) is 5.69 Å². The molecule has 0 fully saturated rings. The van der Waals surface area contributed by atoms with E-state index in [9.17, 15) is 19.5 Å². The number of aromatic nitrogens is 2. The van der Waals surface area contributed by atoms with Crippen LogP contribution in [0.25, 0.3) is 0 Å². The number of amides is 1. The van der Waals surface area contributed by atoms with Crippen molar-refractivity contribution in [2.75, 3.05) is 18.0 Å². The minimum Gasteiger partial charge on any atom is -0.494 e. The minimum atomic E-state index is -0.731. The first-order chi connectivity index (χ1) is 13.8. The maximum Gasteiger partial charge on any atom is 0.330 e. The minimum absolute atomic E-state index is 0.0967. The average molecular weight is 399 g/mol. The number of rotatable bonds is 5. The summed E-state index contributed by atoms with van der Waals surface area (Å²) < 4.78 is 0.934. The summed E-state index contributed by atoms with van der Waals surface area (Å²) in [6.07, 6.45) is 0.249. The van der Waals surface area contributed by atoms with Crippen LogP contribution in [0.5, 0.6) is 5.88 Å². The van der Waals surface area contributed by atoms with Gasteiger partial charge in [-0.15, -0.1) is 0 Å². The Bertz CT molecular complexity index is 1060. The maximum absolute atomic E-state index is 12.3. The standard InChI is InChI=1S/C20H25N5O4/c1-5-24(6-2)14-9-7-13(8-10-14)16-11-15(22-25(16)12(3)26)17-18(27)21-20(29)23(4)19(17)28/h7-10,16,28H,5-6,11H2,1-4H3,(H,21,27,29)/t16-/m1/s1. The summed E-state index contributed by atoms with van der Waals surface area (Å²) in [4.78, 5) is 40.5. The molecule has 1 amide bonds. The second kappa shape index (κ2) is 7.94. The SMILES string of the molecule is CCN(CC)c1ccc([C@H]2CC(c3c(O)n(C)c(=O)[nH]c3=O)=NN2C(C)=O)cc1. The highest BCUT2D eigenvalue weighted by Crippen LogP contribution is 2.34. The van der Waals surface area contributed by atoms with Crippen LogP contribution < -0.4 is 16.1 Å². The van der Waals surface area contributed by atoms with Gasteiger partial charge in [0.25, 0.3) is 5.56 Å². The predicted molar refractivity (Wildman–Crippen MR) is 110 cm³/mol. The number of hydrazone groups is 1. The Morgan fingerprint density at radius 3 is 2.41 bits per heavy atom. The number of aromatic hydroxyl groups is 1. The third kappa shape index (κ3) is 3.67. The van der Waals surface area contributed by atoms with Crippen molar-refractivity contribution >= 4 is 17.3 Å². The highest BCUT2D eigenvalue weighted by Gasteiger charge is 2.34. The summed E-state index contributed by atoms with van der Waals surface area (Å²) >= 11 is 0. The van der Waals surface area contributed by atoms with Crippen LogP contribution in [0.2, 0.25) is 0 Å². The molecule has 1 atom stereocenters. The lowest BCUT2D eigenvalue weighted by atomic mass is 9.99. The summed E-state index contributed by atoms with van der Waals surface area (Å²) in [5, 5.41) is 15.9. The molecular weight excluding hydrogens is 374 g/mol. The second-order valence-corrected chi connectivity index (χ2v) is 6.91. The van der Waals surface area contributed by atoms with Gasteiger partial charge in [0.2, 0.25) is 11.8 Å². The monoisotopic (exact) mass is 399 g/mol. The second-order valence-electron chi connectivity index (χ2n) is 6.91. The number of carbonyl (C=O) groups excluding carboxylic acids is 1. The highest BCUT2D eigenvalue weighted by molar-refractivity contribution is 6.04. The smallest absolute Gasteiger partial charge is 0.330 e. The molecule has 154 valence electrons. The van der Waals surface area contributed by atoms with Crippen LogP contribution in [0, 0.1) is 0 Å². The zero-order chi connectivity index (χ0) is 21.3. The van der Waals surface area contributed by atoms with Crippen molar-refractivity contribution in [3.05, 3.63) is 56.2 Å². The van der Waals surface area contributed by atoms with Gasteiger partial charge >= 0.3 is 5.69 Å². The van der Waals surface area contributed by atoms with Gasteiger partial charge in [0.15, 0.2) is 0 Å². The molecule has 0 saturated carbocycles. The van der Waals surface area contributed by atoms with Gasteiger partial charge in [-0.2, -0.15) is 5.10 Å². The molecule has 0 spiro atoms. The van der Waals surface area contributed by atoms with Crippen molar-refractivity contribution in [1.82, 2.24) is 14.6 Å². The zero-order valence-corrected chi connectivity index (χ0v) is 17.0. The van der Waals surface area contributed by atoms with E-state index in [0.717, 1.165) is 28.9 Å². The number of anilines is 1. The van der Waals surface area contributed by atoms with Crippen molar-refractivity contribution in [3.8, 4) is 5.88 Å². The summed E-state index contributed by atoms with van der Waals surface area (Å²) in [7, 11) is 1.35. The van der Waals surface area contributed by atoms with Crippen LogP contribution in [-0.4, -0.2) is 44.4 Å². The number of hydrogen-bond donors (Lipinski definition) is 2. The molecule has 0 bridgehead atoms. The number of nitrogens with zero attached hydrogens (tertiary/aromatic N) is 4. The largest absolute Gasteiger partial charge is 0.494 e. The Hall–Kier alpha value is -3.36. The summed E-state index contributed by atoms with van der Waals surface area (Å²) in [6.45, 7) is 7.35. The molecule has 3 rings (SSSR count). The quantitative estimate of drug-likeness (QED) is 0.788. The van der Waals surface area contributed by atoms with Gasteiger partial charge < -0.3 is 10.0 Å². The van der Waals surface area contributed by atoms with Gasteiger partial charge in [-0.25, -0.2) is 9.80 Å². The van der Waals surface area contributed by atoms with E-state index in [1.807, 2.05) is 24.3 Å². The number of nitrogens with one attached hydrogen (secondary N) is 1. The van der Waals surface area contributed by atoms with Crippen molar-refractivity contribution in [3.63, 3.8) is 0 Å². The van der Waals surface area contributed by atoms with Gasteiger partial charge in [0.1, 0.15) is 5.56 Å². The summed E-state index contributed by atoms with van der Waals surface area (Å²) in [5.74, 6) is -0.753. The Morgan fingerprint density at radius 1 is 1.24 bits per heavy atom. The lowest BCUT2D eigenvalue weighted by molar-refractivity contribution is -0.130. The molecule has 2 N–H and O–H groups in total.